The normalized spacial score (nSPS) is 15.1. The Morgan fingerprint density at radius 3 is 2.40 bits per heavy atom. The zero-order chi connectivity index (χ0) is 21.6. The van der Waals surface area contributed by atoms with E-state index in [1.807, 2.05) is 6.07 Å². The van der Waals surface area contributed by atoms with Crippen LogP contribution in [-0.4, -0.2) is 54.0 Å². The number of piperidine rings is 1. The molecule has 1 saturated heterocycles. The largest absolute Gasteiger partial charge is 0.484 e. The van der Waals surface area contributed by atoms with Crippen LogP contribution in [0.5, 0.6) is 5.75 Å². The molecule has 0 saturated carbocycles. The molecule has 1 aromatic heterocycles. The van der Waals surface area contributed by atoms with Gasteiger partial charge < -0.3 is 19.0 Å². The van der Waals surface area contributed by atoms with Crippen molar-refractivity contribution >= 4 is 11.8 Å². The van der Waals surface area contributed by atoms with Crippen molar-refractivity contribution in [2.24, 2.45) is 5.92 Å². The van der Waals surface area contributed by atoms with Gasteiger partial charge in [0.1, 0.15) is 18.1 Å². The number of halogens is 3. The van der Waals surface area contributed by atoms with E-state index >= 15 is 0 Å². The van der Waals surface area contributed by atoms with E-state index in [-0.39, 0.29) is 19.1 Å². The van der Waals surface area contributed by atoms with Gasteiger partial charge in [0.05, 0.1) is 12.8 Å². The summed E-state index contributed by atoms with van der Waals surface area (Å²) < 4.78 is 49.4. The fraction of sp³-hybridized carbons (Fsp3) is 0.429. The first-order valence-electron chi connectivity index (χ1n) is 9.65. The molecule has 2 heterocycles. The van der Waals surface area contributed by atoms with Crippen LogP contribution in [0.2, 0.25) is 0 Å². The summed E-state index contributed by atoms with van der Waals surface area (Å²) in [7, 11) is 0. The van der Waals surface area contributed by atoms with E-state index < -0.39 is 24.5 Å². The molecule has 1 aliphatic heterocycles. The highest BCUT2D eigenvalue weighted by Crippen LogP contribution is 2.25. The third-order valence-electron chi connectivity index (χ3n) is 4.91. The first kappa shape index (κ1) is 21.7. The molecule has 162 valence electrons. The number of benzene rings is 1. The van der Waals surface area contributed by atoms with Crippen LogP contribution in [0.4, 0.5) is 13.2 Å². The number of alkyl halides is 3. The number of amides is 2. The molecular weight excluding hydrogens is 401 g/mol. The average Bonchev–Trinajstić information content (AvgIpc) is 3.24. The standard InChI is InChI=1S/C21H23F3N2O4/c22-21(23,24)15-26(13-18-7-4-12-29-18)20(28)16-8-10-25(11-9-16)19(27)14-30-17-5-2-1-3-6-17/h1-7,12,16H,8-11,13-15H2. The van der Waals surface area contributed by atoms with Gasteiger partial charge in [0, 0.05) is 19.0 Å². The molecule has 2 amide bonds. The smallest absolute Gasteiger partial charge is 0.406 e. The SMILES string of the molecule is O=C(COc1ccccc1)N1CCC(C(=O)N(Cc2ccco2)CC(F)(F)F)CC1. The van der Waals surface area contributed by atoms with Gasteiger partial charge in [-0.3, -0.25) is 9.59 Å². The van der Waals surface area contributed by atoms with Crippen LogP contribution in [0.25, 0.3) is 0 Å². The molecule has 1 aliphatic rings. The molecule has 2 aromatic rings. The van der Waals surface area contributed by atoms with Crippen molar-refractivity contribution in [2.45, 2.75) is 25.6 Å². The van der Waals surface area contributed by atoms with Crippen LogP contribution in [0.1, 0.15) is 18.6 Å². The summed E-state index contributed by atoms with van der Waals surface area (Å²) in [6.45, 7) is -1.10. The van der Waals surface area contributed by atoms with Crippen LogP contribution < -0.4 is 4.74 Å². The summed E-state index contributed by atoms with van der Waals surface area (Å²) in [6, 6.07) is 12.0. The van der Waals surface area contributed by atoms with Crippen molar-refractivity contribution < 1.29 is 31.9 Å². The predicted octanol–water partition coefficient (Wildman–Crippen LogP) is 3.49. The number of carbonyl (C=O) groups excluding carboxylic acids is 2. The van der Waals surface area contributed by atoms with Gasteiger partial charge in [0.25, 0.3) is 5.91 Å². The molecule has 3 rings (SSSR count). The van der Waals surface area contributed by atoms with Crippen molar-refractivity contribution in [2.75, 3.05) is 26.2 Å². The number of carbonyl (C=O) groups is 2. The van der Waals surface area contributed by atoms with Crippen molar-refractivity contribution in [3.05, 3.63) is 54.5 Å². The van der Waals surface area contributed by atoms with Crippen LogP contribution in [0.15, 0.2) is 53.1 Å². The molecule has 9 heteroatoms. The first-order valence-corrected chi connectivity index (χ1v) is 9.65. The summed E-state index contributed by atoms with van der Waals surface area (Å²) in [6.07, 6.45) is -2.54. The first-order chi connectivity index (χ1) is 14.3. The molecule has 6 nitrogen and oxygen atoms in total. The van der Waals surface area contributed by atoms with E-state index in [1.165, 1.54) is 12.3 Å². The number of furan rings is 1. The molecule has 0 radical (unpaired) electrons. The summed E-state index contributed by atoms with van der Waals surface area (Å²) in [5.41, 5.74) is 0. The lowest BCUT2D eigenvalue weighted by molar-refractivity contribution is -0.166. The Hall–Kier alpha value is -2.97. The van der Waals surface area contributed by atoms with E-state index in [9.17, 15) is 22.8 Å². The van der Waals surface area contributed by atoms with E-state index in [0.717, 1.165) is 4.90 Å². The Bertz CT molecular complexity index is 817. The van der Waals surface area contributed by atoms with Gasteiger partial charge in [0.2, 0.25) is 5.91 Å². The van der Waals surface area contributed by atoms with Gasteiger partial charge in [0.15, 0.2) is 6.61 Å². The van der Waals surface area contributed by atoms with Gasteiger partial charge >= 0.3 is 6.18 Å². The van der Waals surface area contributed by atoms with Gasteiger partial charge in [-0.1, -0.05) is 18.2 Å². The van der Waals surface area contributed by atoms with E-state index in [4.69, 9.17) is 9.15 Å². The Morgan fingerprint density at radius 2 is 1.80 bits per heavy atom. The molecule has 0 N–H and O–H groups in total. The van der Waals surface area contributed by atoms with Crippen LogP contribution in [-0.2, 0) is 16.1 Å². The Balaban J connectivity index is 1.52. The van der Waals surface area contributed by atoms with Gasteiger partial charge in [-0.2, -0.15) is 13.2 Å². The third kappa shape index (κ3) is 6.27. The summed E-state index contributed by atoms with van der Waals surface area (Å²) in [4.78, 5) is 27.4. The minimum atomic E-state index is -4.51. The molecule has 0 bridgehead atoms. The van der Waals surface area contributed by atoms with Crippen LogP contribution in [0, 0.1) is 5.92 Å². The summed E-state index contributed by atoms with van der Waals surface area (Å²) >= 11 is 0. The van der Waals surface area contributed by atoms with Crippen molar-refractivity contribution in [3.63, 3.8) is 0 Å². The highest BCUT2D eigenvalue weighted by Gasteiger charge is 2.37. The fourth-order valence-electron chi connectivity index (χ4n) is 3.41. The minimum Gasteiger partial charge on any atom is -0.484 e. The molecule has 1 aromatic carbocycles. The highest BCUT2D eigenvalue weighted by molar-refractivity contribution is 5.80. The second-order valence-electron chi connectivity index (χ2n) is 7.15. The average molecular weight is 424 g/mol. The number of ether oxygens (including phenoxy) is 1. The second kappa shape index (κ2) is 9.69. The summed E-state index contributed by atoms with van der Waals surface area (Å²) in [5.74, 6) is -0.486. The maximum absolute atomic E-state index is 13.0. The topological polar surface area (TPSA) is 63.0 Å². The van der Waals surface area contributed by atoms with Crippen molar-refractivity contribution in [1.82, 2.24) is 9.80 Å². The van der Waals surface area contributed by atoms with Gasteiger partial charge in [-0.25, -0.2) is 0 Å². The van der Waals surface area contributed by atoms with E-state index in [0.29, 0.717) is 37.4 Å². The summed E-state index contributed by atoms with van der Waals surface area (Å²) in [5, 5.41) is 0. The van der Waals surface area contributed by atoms with Crippen LogP contribution >= 0.6 is 0 Å². The zero-order valence-corrected chi connectivity index (χ0v) is 16.3. The predicted molar refractivity (Wildman–Crippen MR) is 101 cm³/mol. The minimum absolute atomic E-state index is 0.124. The Labute approximate surface area is 172 Å². The van der Waals surface area contributed by atoms with Crippen LogP contribution in [0.3, 0.4) is 0 Å². The second-order valence-corrected chi connectivity index (χ2v) is 7.15. The molecule has 0 aliphatic carbocycles. The molecule has 30 heavy (non-hydrogen) atoms. The van der Waals surface area contributed by atoms with E-state index in [1.54, 1.807) is 35.2 Å². The monoisotopic (exact) mass is 424 g/mol. The number of rotatable bonds is 7. The zero-order valence-electron chi connectivity index (χ0n) is 16.3. The maximum Gasteiger partial charge on any atom is 0.406 e. The van der Waals surface area contributed by atoms with E-state index in [2.05, 4.69) is 0 Å². The number of likely N-dealkylation sites (tertiary alicyclic amines) is 1. The lowest BCUT2D eigenvalue weighted by Gasteiger charge is -2.34. The van der Waals surface area contributed by atoms with Crippen molar-refractivity contribution in [1.29, 1.82) is 0 Å². The quantitative estimate of drug-likeness (QED) is 0.683. The number of hydrogen-bond acceptors (Lipinski definition) is 4. The molecular formula is C21H23F3N2O4. The third-order valence-corrected chi connectivity index (χ3v) is 4.91. The molecule has 0 atom stereocenters. The molecule has 1 fully saturated rings. The Kier molecular flexibility index (Phi) is 7.02. The number of para-hydroxylation sites is 1. The lowest BCUT2D eigenvalue weighted by Crippen LogP contribution is -2.47. The van der Waals surface area contributed by atoms with Gasteiger partial charge in [-0.05, 0) is 37.1 Å². The van der Waals surface area contributed by atoms with Gasteiger partial charge in [-0.15, -0.1) is 0 Å². The number of hydrogen-bond donors (Lipinski definition) is 0. The maximum atomic E-state index is 13.0. The fourth-order valence-corrected chi connectivity index (χ4v) is 3.41. The highest BCUT2D eigenvalue weighted by atomic mass is 19.4. The molecule has 0 unspecified atom stereocenters. The number of nitrogens with zero attached hydrogens (tertiary/aromatic N) is 2. The molecule has 0 spiro atoms. The van der Waals surface area contributed by atoms with Crippen molar-refractivity contribution in [3.8, 4) is 5.75 Å². The lowest BCUT2D eigenvalue weighted by atomic mass is 9.95. The Morgan fingerprint density at radius 1 is 1.10 bits per heavy atom.